The minimum Gasteiger partial charge on any atom is -0.425 e. The van der Waals surface area contributed by atoms with E-state index < -0.39 is 17.4 Å². The van der Waals surface area contributed by atoms with Crippen molar-refractivity contribution in [3.8, 4) is 5.75 Å². The van der Waals surface area contributed by atoms with Crippen LogP contribution in [0.15, 0.2) is 59.4 Å². The number of aromatic amines is 1. The summed E-state index contributed by atoms with van der Waals surface area (Å²) in [6.07, 6.45) is 0. The Bertz CT molecular complexity index is 1010. The predicted octanol–water partition coefficient (Wildman–Crippen LogP) is 2.73. The van der Waals surface area contributed by atoms with E-state index in [9.17, 15) is 14.4 Å². The number of rotatable bonds is 3. The van der Waals surface area contributed by atoms with Gasteiger partial charge in [0.2, 0.25) is 0 Å². The van der Waals surface area contributed by atoms with E-state index in [2.05, 4.69) is 4.98 Å². The van der Waals surface area contributed by atoms with Crippen LogP contribution in [0.3, 0.4) is 0 Å². The first-order valence-electron chi connectivity index (χ1n) is 7.65. The van der Waals surface area contributed by atoms with E-state index in [0.717, 1.165) is 0 Å². The first kappa shape index (κ1) is 16.4. The zero-order valence-corrected chi connectivity index (χ0v) is 13.8. The van der Waals surface area contributed by atoms with E-state index in [1.54, 1.807) is 55.6 Å². The van der Waals surface area contributed by atoms with Crippen LogP contribution in [0.2, 0.25) is 0 Å². The van der Waals surface area contributed by atoms with Crippen LogP contribution < -0.4 is 15.2 Å². The molecular weight excluding hydrogens is 320 g/mol. The molecule has 25 heavy (non-hydrogen) atoms. The predicted molar refractivity (Wildman–Crippen MR) is 95.1 cm³/mol. The fraction of sp³-hybridized carbons (Fsp3) is 0.105. The standard InChI is InChI=1S/C19H16N2O4/c1-12(22)25-17-14-10-6-7-11-15(14)20-18(23)16(17)19(24)21(2)13-8-4-3-5-9-13/h3-11H,1-2H3,(H,20,23). The van der Waals surface area contributed by atoms with Gasteiger partial charge in [0, 0.05) is 25.0 Å². The minimum atomic E-state index is -0.609. The van der Waals surface area contributed by atoms with Crippen LogP contribution >= 0.6 is 0 Å². The van der Waals surface area contributed by atoms with Crippen LogP contribution in [0.4, 0.5) is 5.69 Å². The smallest absolute Gasteiger partial charge is 0.308 e. The summed E-state index contributed by atoms with van der Waals surface area (Å²) in [7, 11) is 1.56. The van der Waals surface area contributed by atoms with Crippen LogP contribution in [-0.2, 0) is 4.79 Å². The van der Waals surface area contributed by atoms with Crippen molar-refractivity contribution in [3.05, 3.63) is 70.5 Å². The molecule has 0 spiro atoms. The van der Waals surface area contributed by atoms with Crippen molar-refractivity contribution < 1.29 is 14.3 Å². The lowest BCUT2D eigenvalue weighted by atomic mass is 10.1. The number of hydrogen-bond acceptors (Lipinski definition) is 4. The maximum Gasteiger partial charge on any atom is 0.308 e. The van der Waals surface area contributed by atoms with E-state index in [1.165, 1.54) is 11.8 Å². The third-order valence-corrected chi connectivity index (χ3v) is 3.78. The third-order valence-electron chi connectivity index (χ3n) is 3.78. The summed E-state index contributed by atoms with van der Waals surface area (Å²) in [5.74, 6) is -1.19. The van der Waals surface area contributed by atoms with Gasteiger partial charge in [-0.05, 0) is 24.3 Å². The van der Waals surface area contributed by atoms with Crippen LogP contribution in [0.25, 0.3) is 10.9 Å². The quantitative estimate of drug-likeness (QED) is 0.746. The second kappa shape index (κ2) is 6.60. The monoisotopic (exact) mass is 336 g/mol. The molecule has 0 saturated carbocycles. The Kier molecular flexibility index (Phi) is 4.35. The number of para-hydroxylation sites is 2. The molecule has 6 heteroatoms. The molecule has 0 saturated heterocycles. The highest BCUT2D eigenvalue weighted by Gasteiger charge is 2.25. The third kappa shape index (κ3) is 3.14. The number of hydrogen-bond donors (Lipinski definition) is 1. The summed E-state index contributed by atoms with van der Waals surface area (Å²) in [5, 5.41) is 0.488. The second-order valence-corrected chi connectivity index (χ2v) is 5.50. The number of anilines is 1. The van der Waals surface area contributed by atoms with Crippen molar-refractivity contribution in [1.29, 1.82) is 0 Å². The Morgan fingerprint density at radius 3 is 2.32 bits per heavy atom. The maximum atomic E-state index is 12.9. The molecule has 6 nitrogen and oxygen atoms in total. The van der Waals surface area contributed by atoms with Gasteiger partial charge in [0.05, 0.1) is 5.52 Å². The van der Waals surface area contributed by atoms with Crippen molar-refractivity contribution in [3.63, 3.8) is 0 Å². The molecule has 1 N–H and O–H groups in total. The Labute approximate surface area is 143 Å². The molecule has 1 heterocycles. The average molecular weight is 336 g/mol. The van der Waals surface area contributed by atoms with Crippen LogP contribution in [0.1, 0.15) is 17.3 Å². The SMILES string of the molecule is CC(=O)Oc1c(C(=O)N(C)c2ccccc2)c(=O)[nH]c2ccccc12. The molecule has 0 unspecified atom stereocenters. The van der Waals surface area contributed by atoms with Gasteiger partial charge in [-0.1, -0.05) is 30.3 Å². The van der Waals surface area contributed by atoms with E-state index in [0.29, 0.717) is 16.6 Å². The van der Waals surface area contributed by atoms with Crippen molar-refractivity contribution in [1.82, 2.24) is 4.98 Å². The molecule has 0 aliphatic rings. The fourth-order valence-corrected chi connectivity index (χ4v) is 2.59. The van der Waals surface area contributed by atoms with E-state index >= 15 is 0 Å². The van der Waals surface area contributed by atoms with Crippen LogP contribution in [0, 0.1) is 0 Å². The van der Waals surface area contributed by atoms with Gasteiger partial charge in [-0.3, -0.25) is 14.4 Å². The lowest BCUT2D eigenvalue weighted by Crippen LogP contribution is -2.32. The maximum absolute atomic E-state index is 12.9. The van der Waals surface area contributed by atoms with Gasteiger partial charge in [-0.15, -0.1) is 0 Å². The normalized spacial score (nSPS) is 10.5. The van der Waals surface area contributed by atoms with E-state index in [4.69, 9.17) is 4.74 Å². The topological polar surface area (TPSA) is 79.5 Å². The van der Waals surface area contributed by atoms with Crippen molar-refractivity contribution >= 4 is 28.5 Å². The van der Waals surface area contributed by atoms with Crippen LogP contribution in [-0.4, -0.2) is 23.9 Å². The number of H-pyrrole nitrogens is 1. The molecule has 1 amide bonds. The highest BCUT2D eigenvalue weighted by molar-refractivity contribution is 6.10. The summed E-state index contributed by atoms with van der Waals surface area (Å²) in [4.78, 5) is 41.0. The van der Waals surface area contributed by atoms with Gasteiger partial charge in [-0.25, -0.2) is 0 Å². The Morgan fingerprint density at radius 1 is 1.00 bits per heavy atom. The number of carbonyl (C=O) groups excluding carboxylic acids is 2. The molecule has 0 aliphatic heterocycles. The molecular formula is C19H16N2O4. The number of nitrogens with zero attached hydrogens (tertiary/aromatic N) is 1. The Hall–Kier alpha value is -3.41. The summed E-state index contributed by atoms with van der Waals surface area (Å²) in [6.45, 7) is 1.23. The molecule has 0 fully saturated rings. The highest BCUT2D eigenvalue weighted by Crippen LogP contribution is 2.28. The zero-order valence-electron chi connectivity index (χ0n) is 13.8. The number of benzene rings is 2. The Morgan fingerprint density at radius 2 is 1.64 bits per heavy atom. The molecule has 0 bridgehead atoms. The molecule has 3 aromatic rings. The number of ether oxygens (including phenoxy) is 1. The van der Waals surface area contributed by atoms with Gasteiger partial charge < -0.3 is 14.6 Å². The summed E-state index contributed by atoms with van der Waals surface area (Å²) in [5.41, 5.74) is 0.291. The van der Waals surface area contributed by atoms with Gasteiger partial charge >= 0.3 is 5.97 Å². The summed E-state index contributed by atoms with van der Waals surface area (Å²) < 4.78 is 5.24. The van der Waals surface area contributed by atoms with Gasteiger partial charge in [0.1, 0.15) is 5.56 Å². The van der Waals surface area contributed by atoms with E-state index in [1.807, 2.05) is 6.07 Å². The first-order chi connectivity index (χ1) is 12.0. The second-order valence-electron chi connectivity index (χ2n) is 5.50. The van der Waals surface area contributed by atoms with Gasteiger partial charge in [0.25, 0.3) is 11.5 Å². The van der Waals surface area contributed by atoms with E-state index in [-0.39, 0.29) is 11.3 Å². The molecule has 0 radical (unpaired) electrons. The number of esters is 1. The lowest BCUT2D eigenvalue weighted by molar-refractivity contribution is -0.131. The molecule has 0 atom stereocenters. The Balaban J connectivity index is 2.20. The first-order valence-corrected chi connectivity index (χ1v) is 7.65. The molecule has 1 aromatic heterocycles. The largest absolute Gasteiger partial charge is 0.425 e. The number of fused-ring (bicyclic) bond motifs is 1. The summed E-state index contributed by atoms with van der Waals surface area (Å²) >= 11 is 0. The average Bonchev–Trinajstić information content (AvgIpc) is 2.61. The van der Waals surface area contributed by atoms with Gasteiger partial charge in [-0.2, -0.15) is 0 Å². The van der Waals surface area contributed by atoms with Crippen molar-refractivity contribution in [2.24, 2.45) is 0 Å². The van der Waals surface area contributed by atoms with Crippen LogP contribution in [0.5, 0.6) is 5.75 Å². The van der Waals surface area contributed by atoms with Gasteiger partial charge in [0.15, 0.2) is 5.75 Å². The number of aromatic nitrogens is 1. The van der Waals surface area contributed by atoms with Crippen molar-refractivity contribution in [2.75, 3.05) is 11.9 Å². The number of carbonyl (C=O) groups is 2. The lowest BCUT2D eigenvalue weighted by Gasteiger charge is -2.19. The zero-order chi connectivity index (χ0) is 18.0. The number of amides is 1. The molecule has 126 valence electrons. The highest BCUT2D eigenvalue weighted by atomic mass is 16.5. The number of pyridine rings is 1. The molecule has 3 rings (SSSR count). The fourth-order valence-electron chi connectivity index (χ4n) is 2.59. The summed E-state index contributed by atoms with van der Waals surface area (Å²) in [6, 6.07) is 15.7. The van der Waals surface area contributed by atoms with Crippen molar-refractivity contribution in [2.45, 2.75) is 6.92 Å². The number of nitrogens with one attached hydrogen (secondary N) is 1. The molecule has 0 aliphatic carbocycles. The molecule has 2 aromatic carbocycles. The minimum absolute atomic E-state index is 0.0281.